The number of sulfonamides is 1. The second-order valence-electron chi connectivity index (χ2n) is 6.35. The average molecular weight is 424 g/mol. The molecule has 0 aliphatic carbocycles. The summed E-state index contributed by atoms with van der Waals surface area (Å²) >= 11 is 6.06. The van der Waals surface area contributed by atoms with Gasteiger partial charge in [-0.3, -0.25) is 4.79 Å². The molecule has 0 spiro atoms. The summed E-state index contributed by atoms with van der Waals surface area (Å²) < 4.78 is 31.9. The molecule has 0 bridgehead atoms. The van der Waals surface area contributed by atoms with Gasteiger partial charge in [0.25, 0.3) is 5.91 Å². The van der Waals surface area contributed by atoms with Gasteiger partial charge in [-0.25, -0.2) is 13.4 Å². The first-order valence-electron chi connectivity index (χ1n) is 9.08. The zero-order valence-electron chi connectivity index (χ0n) is 15.5. The Morgan fingerprint density at radius 2 is 1.86 bits per heavy atom. The van der Waals surface area contributed by atoms with Crippen LogP contribution in [0.4, 0.5) is 0 Å². The molecule has 1 aromatic carbocycles. The lowest BCUT2D eigenvalue weighted by Crippen LogP contribution is -2.28. The third-order valence-corrected chi connectivity index (χ3v) is 6.62. The predicted molar refractivity (Wildman–Crippen MR) is 106 cm³/mol. The second-order valence-corrected chi connectivity index (χ2v) is 8.70. The van der Waals surface area contributed by atoms with Gasteiger partial charge >= 0.3 is 0 Å². The fraction of sp³-hybridized carbons (Fsp3) is 0.368. The summed E-state index contributed by atoms with van der Waals surface area (Å²) in [7, 11) is -3.44. The summed E-state index contributed by atoms with van der Waals surface area (Å²) in [5, 5.41) is 2.97. The number of carbonyl (C=O) groups excluding carboxylic acids is 1. The highest BCUT2D eigenvalue weighted by Crippen LogP contribution is 2.21. The molecule has 1 fully saturated rings. The summed E-state index contributed by atoms with van der Waals surface area (Å²) in [6.45, 7) is 3.61. The minimum atomic E-state index is -3.44. The summed E-state index contributed by atoms with van der Waals surface area (Å²) in [6.07, 6.45) is 1.79. The molecule has 1 saturated heterocycles. The Morgan fingerprint density at radius 3 is 2.50 bits per heavy atom. The van der Waals surface area contributed by atoms with Crippen molar-refractivity contribution in [1.29, 1.82) is 0 Å². The van der Waals surface area contributed by atoms with Crippen LogP contribution in [0.2, 0.25) is 5.02 Å². The van der Waals surface area contributed by atoms with E-state index in [1.165, 1.54) is 4.31 Å². The zero-order valence-corrected chi connectivity index (χ0v) is 17.1. The van der Waals surface area contributed by atoms with Crippen LogP contribution in [-0.2, 0) is 16.6 Å². The van der Waals surface area contributed by atoms with Crippen LogP contribution in [0.3, 0.4) is 0 Å². The van der Waals surface area contributed by atoms with E-state index in [-0.39, 0.29) is 22.2 Å². The van der Waals surface area contributed by atoms with Crippen LogP contribution in [0.25, 0.3) is 0 Å². The Hall–Kier alpha value is -2.16. The molecule has 1 aliphatic heterocycles. The predicted octanol–water partition coefficient (Wildman–Crippen LogP) is 2.85. The fourth-order valence-corrected chi connectivity index (χ4v) is 4.64. The highest BCUT2D eigenvalue weighted by atomic mass is 35.5. The Balaban J connectivity index is 1.65. The first kappa shape index (κ1) is 20.6. The van der Waals surface area contributed by atoms with Crippen molar-refractivity contribution in [2.45, 2.75) is 31.2 Å². The summed E-state index contributed by atoms with van der Waals surface area (Å²) in [6, 6.07) is 9.67. The van der Waals surface area contributed by atoms with E-state index in [0.717, 1.165) is 18.4 Å². The number of carbonyl (C=O) groups is 1. The highest BCUT2D eigenvalue weighted by Gasteiger charge is 2.26. The average Bonchev–Trinajstić information content (AvgIpc) is 3.24. The van der Waals surface area contributed by atoms with Gasteiger partial charge in [-0.05, 0) is 43.5 Å². The molecule has 2 aromatic rings. The van der Waals surface area contributed by atoms with Gasteiger partial charge < -0.3 is 10.1 Å². The van der Waals surface area contributed by atoms with E-state index in [0.29, 0.717) is 25.6 Å². The van der Waals surface area contributed by atoms with Crippen molar-refractivity contribution in [3.63, 3.8) is 0 Å². The van der Waals surface area contributed by atoms with Gasteiger partial charge in [-0.2, -0.15) is 4.31 Å². The van der Waals surface area contributed by atoms with Crippen molar-refractivity contribution in [2.75, 3.05) is 19.7 Å². The first-order chi connectivity index (χ1) is 13.4. The zero-order chi connectivity index (χ0) is 20.1. The maximum absolute atomic E-state index is 12.5. The van der Waals surface area contributed by atoms with Crippen LogP contribution in [-0.4, -0.2) is 43.3 Å². The van der Waals surface area contributed by atoms with Crippen molar-refractivity contribution in [2.24, 2.45) is 0 Å². The number of nitrogens with one attached hydrogen (secondary N) is 1. The Bertz CT molecular complexity index is 942. The number of nitrogens with zero attached hydrogens (tertiary/aromatic N) is 2. The normalized spacial score (nSPS) is 14.8. The van der Waals surface area contributed by atoms with Crippen LogP contribution >= 0.6 is 11.6 Å². The minimum absolute atomic E-state index is 0.0841. The van der Waals surface area contributed by atoms with Gasteiger partial charge in [0.2, 0.25) is 15.9 Å². The molecule has 1 aliphatic rings. The van der Waals surface area contributed by atoms with Crippen LogP contribution in [0.15, 0.2) is 41.3 Å². The Kier molecular flexibility index (Phi) is 6.53. The van der Waals surface area contributed by atoms with Crippen LogP contribution in [0, 0.1) is 0 Å². The van der Waals surface area contributed by atoms with Crippen LogP contribution in [0.1, 0.15) is 35.8 Å². The minimum Gasteiger partial charge on any atom is -0.478 e. The molecule has 1 N–H and O–H groups in total. The van der Waals surface area contributed by atoms with E-state index in [2.05, 4.69) is 10.3 Å². The van der Waals surface area contributed by atoms with Crippen molar-refractivity contribution >= 4 is 27.5 Å². The topological polar surface area (TPSA) is 88.6 Å². The second kappa shape index (κ2) is 8.89. The molecule has 0 radical (unpaired) electrons. The van der Waals surface area contributed by atoms with Gasteiger partial charge in [0.15, 0.2) is 5.69 Å². The SMILES string of the molecule is CCOc1ccc(Cl)c(C(=O)NCc2ccc(S(=O)(=O)N3CCCC3)cc2)n1. The molecule has 3 rings (SSSR count). The van der Waals surface area contributed by atoms with Gasteiger partial charge in [0, 0.05) is 25.7 Å². The maximum Gasteiger partial charge on any atom is 0.271 e. The third kappa shape index (κ3) is 4.63. The van der Waals surface area contributed by atoms with Crippen LogP contribution < -0.4 is 10.1 Å². The number of halogens is 1. The Morgan fingerprint density at radius 1 is 1.18 bits per heavy atom. The molecule has 0 unspecified atom stereocenters. The molecule has 1 aromatic heterocycles. The van der Waals surface area contributed by atoms with E-state index in [9.17, 15) is 13.2 Å². The van der Waals surface area contributed by atoms with E-state index in [1.54, 1.807) is 36.4 Å². The monoisotopic (exact) mass is 423 g/mol. The molecule has 0 atom stereocenters. The summed E-state index contributed by atoms with van der Waals surface area (Å²) in [5.74, 6) is -0.103. The van der Waals surface area contributed by atoms with Crippen molar-refractivity contribution in [1.82, 2.24) is 14.6 Å². The van der Waals surface area contributed by atoms with Gasteiger partial charge in [-0.1, -0.05) is 23.7 Å². The first-order valence-corrected chi connectivity index (χ1v) is 10.9. The fourth-order valence-electron chi connectivity index (χ4n) is 2.93. The number of benzene rings is 1. The molecule has 7 nitrogen and oxygen atoms in total. The summed E-state index contributed by atoms with van der Waals surface area (Å²) in [5.41, 5.74) is 0.853. The Labute approximate surface area is 169 Å². The lowest BCUT2D eigenvalue weighted by Gasteiger charge is -2.15. The number of hydrogen-bond donors (Lipinski definition) is 1. The standard InChI is InChI=1S/C19H22ClN3O4S/c1-2-27-17-10-9-16(20)18(22-17)19(24)21-13-14-5-7-15(8-6-14)28(25,26)23-11-3-4-12-23/h5-10H,2-4,11-13H2,1H3,(H,21,24). The number of pyridine rings is 1. The molecule has 0 saturated carbocycles. The van der Waals surface area contributed by atoms with E-state index in [1.807, 2.05) is 6.92 Å². The number of hydrogen-bond acceptors (Lipinski definition) is 5. The lowest BCUT2D eigenvalue weighted by atomic mass is 10.2. The van der Waals surface area contributed by atoms with Gasteiger partial charge in [-0.15, -0.1) is 0 Å². The smallest absolute Gasteiger partial charge is 0.271 e. The molecular formula is C19H22ClN3O4S. The number of rotatable bonds is 7. The van der Waals surface area contributed by atoms with Crippen molar-refractivity contribution in [3.8, 4) is 5.88 Å². The van der Waals surface area contributed by atoms with E-state index >= 15 is 0 Å². The number of ether oxygens (including phenoxy) is 1. The molecule has 150 valence electrons. The molecular weight excluding hydrogens is 402 g/mol. The molecule has 28 heavy (non-hydrogen) atoms. The third-order valence-electron chi connectivity index (χ3n) is 4.41. The number of aromatic nitrogens is 1. The lowest BCUT2D eigenvalue weighted by molar-refractivity contribution is 0.0945. The van der Waals surface area contributed by atoms with E-state index in [4.69, 9.17) is 16.3 Å². The van der Waals surface area contributed by atoms with Gasteiger partial charge in [0.05, 0.1) is 16.5 Å². The molecule has 9 heteroatoms. The van der Waals surface area contributed by atoms with Crippen molar-refractivity contribution < 1.29 is 17.9 Å². The summed E-state index contributed by atoms with van der Waals surface area (Å²) in [4.78, 5) is 16.8. The van der Waals surface area contributed by atoms with Crippen LogP contribution in [0.5, 0.6) is 5.88 Å². The molecule has 2 heterocycles. The maximum atomic E-state index is 12.5. The van der Waals surface area contributed by atoms with Crippen molar-refractivity contribution in [3.05, 3.63) is 52.7 Å². The molecule has 1 amide bonds. The quantitative estimate of drug-likeness (QED) is 0.739. The van der Waals surface area contributed by atoms with E-state index < -0.39 is 15.9 Å². The highest BCUT2D eigenvalue weighted by molar-refractivity contribution is 7.89. The number of amides is 1. The van der Waals surface area contributed by atoms with Gasteiger partial charge in [0.1, 0.15) is 0 Å². The largest absolute Gasteiger partial charge is 0.478 e.